The lowest BCUT2D eigenvalue weighted by Gasteiger charge is -2.27. The topological polar surface area (TPSA) is 9.23 Å². The first kappa shape index (κ1) is 14.5. The van der Waals surface area contributed by atoms with E-state index in [1.165, 1.54) is 6.42 Å². The van der Waals surface area contributed by atoms with Gasteiger partial charge >= 0.3 is 0 Å². The van der Waals surface area contributed by atoms with Crippen molar-refractivity contribution in [3.8, 4) is 0 Å². The highest BCUT2D eigenvalue weighted by Gasteiger charge is 2.23. The third kappa shape index (κ3) is 6.85. The standard InChI is InChI=1S/C11H25ClOSi/c1-11(2,14(3)4)10-13-9-7-5-6-8-12/h14H,5-10H2,1-4H3. The van der Waals surface area contributed by atoms with Crippen molar-refractivity contribution in [1.82, 2.24) is 0 Å². The first-order valence-electron chi connectivity index (χ1n) is 5.64. The van der Waals surface area contributed by atoms with E-state index < -0.39 is 8.80 Å². The average molecular weight is 237 g/mol. The van der Waals surface area contributed by atoms with E-state index in [0.29, 0.717) is 5.04 Å². The minimum absolute atomic E-state index is 0.437. The van der Waals surface area contributed by atoms with Gasteiger partial charge in [-0.3, -0.25) is 0 Å². The maximum absolute atomic E-state index is 5.70. The molecule has 0 rings (SSSR count). The lowest BCUT2D eigenvalue weighted by atomic mass is 10.2. The van der Waals surface area contributed by atoms with Crippen LogP contribution in [0.15, 0.2) is 0 Å². The summed E-state index contributed by atoms with van der Waals surface area (Å²) in [6, 6.07) is 0. The minimum atomic E-state index is -0.591. The fraction of sp³-hybridized carbons (Fsp3) is 1.00. The minimum Gasteiger partial charge on any atom is -0.381 e. The summed E-state index contributed by atoms with van der Waals surface area (Å²) in [5.41, 5.74) is 0. The smallest absolute Gasteiger partial charge is 0.0490 e. The van der Waals surface area contributed by atoms with Crippen molar-refractivity contribution >= 4 is 20.4 Å². The number of rotatable bonds is 8. The second kappa shape index (κ2) is 7.72. The maximum atomic E-state index is 5.70. The molecule has 0 fully saturated rings. The summed E-state index contributed by atoms with van der Waals surface area (Å²) in [5.74, 6) is 0.782. The van der Waals surface area contributed by atoms with E-state index in [4.69, 9.17) is 16.3 Å². The monoisotopic (exact) mass is 236 g/mol. The summed E-state index contributed by atoms with van der Waals surface area (Å²) < 4.78 is 5.70. The molecule has 0 aromatic rings. The first-order valence-corrected chi connectivity index (χ1v) is 9.06. The predicted molar refractivity (Wildman–Crippen MR) is 68.3 cm³/mol. The van der Waals surface area contributed by atoms with Gasteiger partial charge in [0.25, 0.3) is 0 Å². The van der Waals surface area contributed by atoms with Crippen molar-refractivity contribution in [3.63, 3.8) is 0 Å². The molecule has 0 heterocycles. The predicted octanol–water partition coefficient (Wildman–Crippen LogP) is 3.68. The normalized spacial score (nSPS) is 12.4. The Hall–Kier alpha value is 0.467. The van der Waals surface area contributed by atoms with Gasteiger partial charge in [0.1, 0.15) is 0 Å². The van der Waals surface area contributed by atoms with E-state index in [0.717, 1.165) is 31.9 Å². The van der Waals surface area contributed by atoms with Gasteiger partial charge in [-0.2, -0.15) is 0 Å². The summed E-state index contributed by atoms with van der Waals surface area (Å²) in [6.45, 7) is 11.2. The summed E-state index contributed by atoms with van der Waals surface area (Å²) in [4.78, 5) is 0. The lowest BCUT2D eigenvalue weighted by Crippen LogP contribution is -2.26. The Kier molecular flexibility index (Phi) is 7.98. The van der Waals surface area contributed by atoms with Crippen LogP contribution < -0.4 is 0 Å². The van der Waals surface area contributed by atoms with Gasteiger partial charge in [-0.05, 0) is 24.3 Å². The summed E-state index contributed by atoms with van der Waals surface area (Å²) in [7, 11) is -0.591. The Labute approximate surface area is 95.8 Å². The quantitative estimate of drug-likeness (QED) is 0.355. The molecular weight excluding hydrogens is 212 g/mol. The number of unbranched alkanes of at least 4 members (excludes halogenated alkanes) is 2. The van der Waals surface area contributed by atoms with Crippen LogP contribution in [0.4, 0.5) is 0 Å². The van der Waals surface area contributed by atoms with Crippen LogP contribution in [-0.4, -0.2) is 27.9 Å². The van der Waals surface area contributed by atoms with E-state index in [2.05, 4.69) is 26.9 Å². The molecule has 0 aromatic heterocycles. The van der Waals surface area contributed by atoms with Crippen molar-refractivity contribution in [1.29, 1.82) is 0 Å². The molecule has 0 aromatic carbocycles. The van der Waals surface area contributed by atoms with Crippen molar-refractivity contribution in [2.75, 3.05) is 19.1 Å². The second-order valence-corrected chi connectivity index (χ2v) is 9.20. The molecular formula is C11H25ClOSi. The van der Waals surface area contributed by atoms with Crippen molar-refractivity contribution in [2.45, 2.75) is 51.2 Å². The van der Waals surface area contributed by atoms with Gasteiger partial charge in [0, 0.05) is 27.9 Å². The molecule has 0 saturated carbocycles. The highest BCUT2D eigenvalue weighted by molar-refractivity contribution is 6.59. The van der Waals surface area contributed by atoms with Gasteiger partial charge in [0.15, 0.2) is 0 Å². The van der Waals surface area contributed by atoms with Crippen LogP contribution in [0.1, 0.15) is 33.1 Å². The second-order valence-electron chi connectivity index (χ2n) is 4.95. The lowest BCUT2D eigenvalue weighted by molar-refractivity contribution is 0.110. The third-order valence-corrected chi connectivity index (χ3v) is 6.52. The Morgan fingerprint density at radius 2 is 1.79 bits per heavy atom. The van der Waals surface area contributed by atoms with E-state index in [1.54, 1.807) is 0 Å². The molecule has 14 heavy (non-hydrogen) atoms. The number of alkyl halides is 1. The van der Waals surface area contributed by atoms with Crippen LogP contribution >= 0.6 is 11.6 Å². The van der Waals surface area contributed by atoms with Crippen molar-refractivity contribution < 1.29 is 4.74 Å². The van der Waals surface area contributed by atoms with Crippen molar-refractivity contribution in [2.24, 2.45) is 0 Å². The molecule has 0 saturated heterocycles. The van der Waals surface area contributed by atoms with Crippen LogP contribution in [0.25, 0.3) is 0 Å². The fourth-order valence-corrected chi connectivity index (χ4v) is 1.62. The maximum Gasteiger partial charge on any atom is 0.0490 e. The van der Waals surface area contributed by atoms with Gasteiger partial charge in [0.2, 0.25) is 0 Å². The van der Waals surface area contributed by atoms with Crippen LogP contribution in [-0.2, 0) is 4.74 Å². The van der Waals surface area contributed by atoms with Gasteiger partial charge in [-0.25, -0.2) is 0 Å². The molecule has 0 aliphatic rings. The van der Waals surface area contributed by atoms with Gasteiger partial charge in [-0.1, -0.05) is 26.9 Å². The molecule has 1 nitrogen and oxygen atoms in total. The zero-order valence-electron chi connectivity index (χ0n) is 10.1. The third-order valence-electron chi connectivity index (χ3n) is 2.96. The molecule has 0 bridgehead atoms. The van der Waals surface area contributed by atoms with E-state index in [1.807, 2.05) is 0 Å². The average Bonchev–Trinajstić information content (AvgIpc) is 2.10. The van der Waals surface area contributed by atoms with Crippen LogP contribution in [0.5, 0.6) is 0 Å². The SMILES string of the molecule is C[SiH](C)C(C)(C)COCCCCCCl. The highest BCUT2D eigenvalue weighted by atomic mass is 35.5. The molecule has 0 N–H and O–H groups in total. The number of ether oxygens (including phenoxy) is 1. The molecule has 0 radical (unpaired) electrons. The van der Waals surface area contributed by atoms with Gasteiger partial charge in [0.05, 0.1) is 0 Å². The Balaban J connectivity index is 3.35. The molecule has 0 unspecified atom stereocenters. The molecule has 0 aliphatic heterocycles. The first-order chi connectivity index (χ1) is 6.50. The van der Waals surface area contributed by atoms with E-state index in [9.17, 15) is 0 Å². The molecule has 0 amide bonds. The molecule has 3 heteroatoms. The molecule has 86 valence electrons. The molecule has 0 atom stereocenters. The van der Waals surface area contributed by atoms with Crippen LogP contribution in [0.2, 0.25) is 18.1 Å². The van der Waals surface area contributed by atoms with Crippen LogP contribution in [0.3, 0.4) is 0 Å². The Morgan fingerprint density at radius 1 is 1.14 bits per heavy atom. The Bertz CT molecular complexity index is 137. The summed E-state index contributed by atoms with van der Waals surface area (Å²) in [6.07, 6.45) is 3.47. The van der Waals surface area contributed by atoms with Crippen LogP contribution in [0, 0.1) is 0 Å². The van der Waals surface area contributed by atoms with Gasteiger partial charge < -0.3 is 4.74 Å². The van der Waals surface area contributed by atoms with E-state index >= 15 is 0 Å². The number of halogens is 1. The van der Waals surface area contributed by atoms with Crippen molar-refractivity contribution in [3.05, 3.63) is 0 Å². The molecule has 0 spiro atoms. The fourth-order valence-electron chi connectivity index (χ4n) is 0.977. The number of hydrogen-bond donors (Lipinski definition) is 0. The summed E-state index contributed by atoms with van der Waals surface area (Å²) >= 11 is 5.59. The number of hydrogen-bond acceptors (Lipinski definition) is 1. The summed E-state index contributed by atoms with van der Waals surface area (Å²) in [5, 5.41) is 0.437. The molecule has 0 aliphatic carbocycles. The largest absolute Gasteiger partial charge is 0.381 e. The Morgan fingerprint density at radius 3 is 2.29 bits per heavy atom. The zero-order chi connectivity index (χ0) is 11.0. The zero-order valence-corrected chi connectivity index (χ0v) is 12.0. The van der Waals surface area contributed by atoms with Gasteiger partial charge in [-0.15, -0.1) is 11.6 Å². The highest BCUT2D eigenvalue weighted by Crippen LogP contribution is 2.28. The van der Waals surface area contributed by atoms with E-state index in [-0.39, 0.29) is 0 Å².